The van der Waals surface area contributed by atoms with Crippen molar-refractivity contribution >= 4 is 13.4 Å². The Morgan fingerprint density at radius 3 is 2.40 bits per heavy atom. The lowest BCUT2D eigenvalue weighted by Crippen LogP contribution is -1.97. The molecule has 1 rings (SSSR count). The molecular weight excluding hydrogens is 207 g/mol. The maximum Gasteiger partial charge on any atom is 0.222 e. The van der Waals surface area contributed by atoms with E-state index in [-0.39, 0.29) is 6.10 Å². The van der Waals surface area contributed by atoms with Crippen LogP contribution in [0.5, 0.6) is 0 Å². The van der Waals surface area contributed by atoms with E-state index in [2.05, 4.69) is 0 Å². The number of benzene rings is 1. The molecule has 0 spiro atoms. The van der Waals surface area contributed by atoms with Crippen LogP contribution in [-0.4, -0.2) is 12.8 Å². The summed E-state index contributed by atoms with van der Waals surface area (Å²) in [6, 6.07) is 9.78. The molecule has 0 fully saturated rings. The minimum atomic E-state index is -2.59. The minimum absolute atomic E-state index is 0.0127. The van der Waals surface area contributed by atoms with Gasteiger partial charge >= 0.3 is 0 Å². The fourth-order valence-corrected chi connectivity index (χ4v) is 2.59. The van der Waals surface area contributed by atoms with Gasteiger partial charge in [0.15, 0.2) is 0 Å². The van der Waals surface area contributed by atoms with E-state index >= 15 is 0 Å². The van der Waals surface area contributed by atoms with Crippen molar-refractivity contribution in [3.05, 3.63) is 41.7 Å². The molecule has 1 aromatic carbocycles. The van der Waals surface area contributed by atoms with E-state index < -0.39 is 7.37 Å². The normalized spacial score (nSPS) is 15.7. The van der Waals surface area contributed by atoms with Gasteiger partial charge in [0, 0.05) is 12.5 Å². The summed E-state index contributed by atoms with van der Waals surface area (Å²) in [6.07, 6.45) is 1.82. The standard InChI is InChI=1S/C12H17O2P/c1-11(2)14-15(3,13)10-9-12-7-5-4-6-8-12/h4-11H,1-3H3/b10-9+. The van der Waals surface area contributed by atoms with Gasteiger partial charge in [-0.25, -0.2) is 0 Å². The van der Waals surface area contributed by atoms with Gasteiger partial charge in [0.1, 0.15) is 0 Å². The maximum atomic E-state index is 11.9. The summed E-state index contributed by atoms with van der Waals surface area (Å²) in [5.74, 6) is 1.66. The fourth-order valence-electron chi connectivity index (χ4n) is 1.24. The third-order valence-corrected chi connectivity index (χ3v) is 3.29. The summed E-state index contributed by atoms with van der Waals surface area (Å²) in [5, 5.41) is 0. The fraction of sp³-hybridized carbons (Fsp3) is 0.333. The van der Waals surface area contributed by atoms with Crippen LogP contribution in [0, 0.1) is 0 Å². The van der Waals surface area contributed by atoms with E-state index in [1.165, 1.54) is 0 Å². The first kappa shape index (κ1) is 12.2. The summed E-state index contributed by atoms with van der Waals surface area (Å²) in [7, 11) is -2.59. The van der Waals surface area contributed by atoms with E-state index in [0.29, 0.717) is 0 Å². The summed E-state index contributed by atoms with van der Waals surface area (Å²) < 4.78 is 17.2. The molecule has 0 N–H and O–H groups in total. The molecule has 0 saturated heterocycles. The van der Waals surface area contributed by atoms with E-state index in [4.69, 9.17) is 4.52 Å². The van der Waals surface area contributed by atoms with Crippen LogP contribution in [0.3, 0.4) is 0 Å². The van der Waals surface area contributed by atoms with Crippen molar-refractivity contribution < 1.29 is 9.09 Å². The van der Waals surface area contributed by atoms with E-state index in [0.717, 1.165) is 5.56 Å². The van der Waals surface area contributed by atoms with Crippen molar-refractivity contribution in [1.29, 1.82) is 0 Å². The predicted molar refractivity (Wildman–Crippen MR) is 65.2 cm³/mol. The SMILES string of the molecule is CC(C)OP(C)(=O)/C=C/c1ccccc1. The Hall–Kier alpha value is -0.850. The monoisotopic (exact) mass is 224 g/mol. The number of rotatable bonds is 4. The van der Waals surface area contributed by atoms with Gasteiger partial charge in [-0.15, -0.1) is 0 Å². The third kappa shape index (κ3) is 4.96. The molecule has 0 aliphatic rings. The van der Waals surface area contributed by atoms with Gasteiger partial charge in [0.2, 0.25) is 7.37 Å². The molecule has 0 heterocycles. The van der Waals surface area contributed by atoms with Gasteiger partial charge in [0.25, 0.3) is 0 Å². The average Bonchev–Trinajstić information content (AvgIpc) is 2.15. The summed E-state index contributed by atoms with van der Waals surface area (Å²) in [6.45, 7) is 5.39. The number of hydrogen-bond acceptors (Lipinski definition) is 2. The Balaban J connectivity index is 2.69. The third-order valence-electron chi connectivity index (χ3n) is 1.76. The van der Waals surface area contributed by atoms with Crippen LogP contribution in [0.2, 0.25) is 0 Å². The van der Waals surface area contributed by atoms with Crippen LogP contribution in [0.4, 0.5) is 0 Å². The summed E-state index contributed by atoms with van der Waals surface area (Å²) >= 11 is 0. The lowest BCUT2D eigenvalue weighted by Gasteiger charge is -2.12. The Kier molecular flexibility index (Phi) is 4.31. The molecule has 3 heteroatoms. The molecule has 1 unspecified atom stereocenters. The van der Waals surface area contributed by atoms with Crippen molar-refractivity contribution in [3.8, 4) is 0 Å². The quantitative estimate of drug-likeness (QED) is 0.723. The van der Waals surface area contributed by atoms with Gasteiger partial charge in [-0.2, -0.15) is 0 Å². The molecule has 15 heavy (non-hydrogen) atoms. The molecule has 0 amide bonds. The maximum absolute atomic E-state index is 11.9. The Bertz CT molecular complexity index is 368. The molecule has 82 valence electrons. The Morgan fingerprint density at radius 1 is 1.27 bits per heavy atom. The van der Waals surface area contributed by atoms with Gasteiger partial charge < -0.3 is 4.52 Å². The summed E-state index contributed by atoms with van der Waals surface area (Å²) in [4.78, 5) is 0. The summed E-state index contributed by atoms with van der Waals surface area (Å²) in [5.41, 5.74) is 1.03. The zero-order valence-electron chi connectivity index (χ0n) is 9.38. The largest absolute Gasteiger partial charge is 0.323 e. The van der Waals surface area contributed by atoms with Crippen molar-refractivity contribution in [2.75, 3.05) is 6.66 Å². The van der Waals surface area contributed by atoms with Crippen LogP contribution >= 0.6 is 7.37 Å². The van der Waals surface area contributed by atoms with Gasteiger partial charge in [-0.3, -0.25) is 4.57 Å². The molecule has 0 radical (unpaired) electrons. The van der Waals surface area contributed by atoms with Crippen LogP contribution in [0.15, 0.2) is 36.1 Å². The topological polar surface area (TPSA) is 26.3 Å². The van der Waals surface area contributed by atoms with Crippen LogP contribution < -0.4 is 0 Å². The van der Waals surface area contributed by atoms with Crippen LogP contribution in [-0.2, 0) is 9.09 Å². The molecule has 1 atom stereocenters. The second-order valence-corrected chi connectivity index (χ2v) is 6.12. The number of hydrogen-bond donors (Lipinski definition) is 0. The highest BCUT2D eigenvalue weighted by Crippen LogP contribution is 2.45. The van der Waals surface area contributed by atoms with Crippen LogP contribution in [0.1, 0.15) is 19.4 Å². The molecule has 0 saturated carbocycles. The van der Waals surface area contributed by atoms with Gasteiger partial charge in [0.05, 0.1) is 6.10 Å². The van der Waals surface area contributed by atoms with Crippen molar-refractivity contribution in [2.24, 2.45) is 0 Å². The van der Waals surface area contributed by atoms with E-state index in [1.54, 1.807) is 12.5 Å². The zero-order chi connectivity index (χ0) is 11.3. The molecule has 0 bridgehead atoms. The first-order chi connectivity index (χ1) is 6.99. The first-order valence-corrected chi connectivity index (χ1v) is 7.13. The molecule has 0 aliphatic heterocycles. The molecule has 0 aromatic heterocycles. The first-order valence-electron chi connectivity index (χ1n) is 4.99. The zero-order valence-corrected chi connectivity index (χ0v) is 10.3. The smallest absolute Gasteiger partial charge is 0.222 e. The highest BCUT2D eigenvalue weighted by atomic mass is 31.2. The second-order valence-electron chi connectivity index (χ2n) is 3.79. The lowest BCUT2D eigenvalue weighted by molar-refractivity contribution is 0.251. The molecule has 2 nitrogen and oxygen atoms in total. The lowest BCUT2D eigenvalue weighted by atomic mass is 10.2. The Labute approximate surface area is 91.4 Å². The van der Waals surface area contributed by atoms with Crippen molar-refractivity contribution in [1.82, 2.24) is 0 Å². The molecule has 0 aliphatic carbocycles. The average molecular weight is 224 g/mol. The molecular formula is C12H17O2P. The Morgan fingerprint density at radius 2 is 1.87 bits per heavy atom. The van der Waals surface area contributed by atoms with Crippen LogP contribution in [0.25, 0.3) is 6.08 Å². The van der Waals surface area contributed by atoms with E-state index in [1.807, 2.05) is 50.3 Å². The minimum Gasteiger partial charge on any atom is -0.323 e. The van der Waals surface area contributed by atoms with Crippen molar-refractivity contribution in [3.63, 3.8) is 0 Å². The highest BCUT2D eigenvalue weighted by Gasteiger charge is 2.12. The second kappa shape index (κ2) is 5.29. The van der Waals surface area contributed by atoms with E-state index in [9.17, 15) is 4.57 Å². The highest BCUT2D eigenvalue weighted by molar-refractivity contribution is 7.61. The van der Waals surface area contributed by atoms with Gasteiger partial charge in [-0.1, -0.05) is 30.3 Å². The van der Waals surface area contributed by atoms with Crippen molar-refractivity contribution in [2.45, 2.75) is 20.0 Å². The molecule has 1 aromatic rings. The van der Waals surface area contributed by atoms with Gasteiger partial charge in [-0.05, 0) is 25.5 Å². The predicted octanol–water partition coefficient (Wildman–Crippen LogP) is 3.99.